The van der Waals surface area contributed by atoms with Crippen molar-refractivity contribution in [2.75, 3.05) is 12.3 Å². The molecule has 3 aromatic carbocycles. The van der Waals surface area contributed by atoms with Crippen LogP contribution in [0, 0.1) is 0 Å². The van der Waals surface area contributed by atoms with Crippen LogP contribution in [0.3, 0.4) is 0 Å². The number of nitrogen functional groups attached to an aromatic ring is 1. The van der Waals surface area contributed by atoms with Crippen LogP contribution in [0.5, 0.6) is 5.75 Å². The second-order valence-electron chi connectivity index (χ2n) is 5.87. The maximum Gasteiger partial charge on any atom is 0.115 e. The van der Waals surface area contributed by atoms with Crippen molar-refractivity contribution >= 4 is 27.5 Å². The minimum atomic E-state index is 0.0532. The molecule has 1 heterocycles. The number of benzene rings is 3. The third-order valence-electron chi connectivity index (χ3n) is 4.44. The maximum absolute atomic E-state index is 9.57. The van der Waals surface area contributed by atoms with Crippen molar-refractivity contribution in [2.45, 2.75) is 6.54 Å². The standard InChI is InChI=1S/C20H18N2O2/c21-17-10-9-16-15-3-1-2-4-18(15)22(11-12-23)20(16)19(17)13-5-7-14(24)8-6-13/h1-10,23-24H,11-12,21H2. The van der Waals surface area contributed by atoms with Crippen molar-refractivity contribution in [1.82, 2.24) is 4.57 Å². The topological polar surface area (TPSA) is 71.4 Å². The van der Waals surface area contributed by atoms with Crippen LogP contribution in [0.2, 0.25) is 0 Å². The summed E-state index contributed by atoms with van der Waals surface area (Å²) < 4.78 is 2.11. The van der Waals surface area contributed by atoms with Crippen LogP contribution in [0.1, 0.15) is 0 Å². The zero-order valence-corrected chi connectivity index (χ0v) is 13.1. The van der Waals surface area contributed by atoms with Crippen LogP contribution in [0.4, 0.5) is 5.69 Å². The number of aliphatic hydroxyl groups excluding tert-OH is 1. The molecule has 0 bridgehead atoms. The number of aromatic hydroxyl groups is 1. The fraction of sp³-hybridized carbons (Fsp3) is 0.100. The molecule has 0 aliphatic carbocycles. The highest BCUT2D eigenvalue weighted by Gasteiger charge is 2.16. The molecular weight excluding hydrogens is 300 g/mol. The van der Waals surface area contributed by atoms with Gasteiger partial charge in [-0.15, -0.1) is 0 Å². The number of nitrogens with two attached hydrogens (primary N) is 1. The third-order valence-corrected chi connectivity index (χ3v) is 4.44. The predicted octanol–water partition coefficient (Wildman–Crippen LogP) is 3.74. The molecule has 0 radical (unpaired) electrons. The van der Waals surface area contributed by atoms with Gasteiger partial charge in [0.1, 0.15) is 5.75 Å². The second kappa shape index (κ2) is 5.58. The molecule has 0 aliphatic heterocycles. The van der Waals surface area contributed by atoms with Gasteiger partial charge in [0.2, 0.25) is 0 Å². The summed E-state index contributed by atoms with van der Waals surface area (Å²) in [5, 5.41) is 21.4. The molecule has 0 unspecified atom stereocenters. The number of para-hydroxylation sites is 1. The van der Waals surface area contributed by atoms with Crippen molar-refractivity contribution in [3.8, 4) is 16.9 Å². The Morgan fingerprint density at radius 2 is 1.62 bits per heavy atom. The number of phenols is 1. The molecule has 4 heteroatoms. The molecule has 0 spiro atoms. The van der Waals surface area contributed by atoms with Crippen molar-refractivity contribution in [3.05, 3.63) is 60.7 Å². The molecular formula is C20H18N2O2. The van der Waals surface area contributed by atoms with E-state index in [9.17, 15) is 10.2 Å². The van der Waals surface area contributed by atoms with E-state index in [1.165, 1.54) is 0 Å². The van der Waals surface area contributed by atoms with Crippen molar-refractivity contribution < 1.29 is 10.2 Å². The first-order valence-corrected chi connectivity index (χ1v) is 7.90. The Balaban J connectivity index is 2.16. The SMILES string of the molecule is Nc1ccc2c3ccccc3n(CCO)c2c1-c1ccc(O)cc1. The third kappa shape index (κ3) is 2.12. The summed E-state index contributed by atoms with van der Waals surface area (Å²) in [6, 6.07) is 19.2. The average Bonchev–Trinajstić information content (AvgIpc) is 2.91. The Hall–Kier alpha value is -2.98. The Kier molecular flexibility index (Phi) is 3.40. The highest BCUT2D eigenvalue weighted by atomic mass is 16.3. The van der Waals surface area contributed by atoms with Gasteiger partial charge in [0.05, 0.1) is 12.1 Å². The van der Waals surface area contributed by atoms with Gasteiger partial charge in [-0.3, -0.25) is 0 Å². The Morgan fingerprint density at radius 1 is 0.875 bits per heavy atom. The number of hydrogen-bond acceptors (Lipinski definition) is 3. The monoisotopic (exact) mass is 318 g/mol. The van der Waals surface area contributed by atoms with Crippen molar-refractivity contribution in [1.29, 1.82) is 0 Å². The largest absolute Gasteiger partial charge is 0.508 e. The van der Waals surface area contributed by atoms with Gasteiger partial charge in [0.25, 0.3) is 0 Å². The number of fused-ring (bicyclic) bond motifs is 3. The summed E-state index contributed by atoms with van der Waals surface area (Å²) in [6.07, 6.45) is 0. The zero-order valence-electron chi connectivity index (χ0n) is 13.1. The van der Waals surface area contributed by atoms with Crippen molar-refractivity contribution in [2.24, 2.45) is 0 Å². The summed E-state index contributed by atoms with van der Waals surface area (Å²) in [6.45, 7) is 0.552. The first-order chi connectivity index (χ1) is 11.7. The van der Waals surface area contributed by atoms with Gasteiger partial charge in [0, 0.05) is 34.1 Å². The van der Waals surface area contributed by atoms with Gasteiger partial charge < -0.3 is 20.5 Å². The molecule has 4 N–H and O–H groups in total. The molecule has 24 heavy (non-hydrogen) atoms. The molecule has 0 amide bonds. The van der Waals surface area contributed by atoms with Crippen LogP contribution in [0.25, 0.3) is 32.9 Å². The van der Waals surface area contributed by atoms with Gasteiger partial charge in [0.15, 0.2) is 0 Å². The molecule has 4 rings (SSSR count). The first kappa shape index (κ1) is 14.6. The first-order valence-electron chi connectivity index (χ1n) is 7.90. The lowest BCUT2D eigenvalue weighted by molar-refractivity contribution is 0.280. The zero-order chi connectivity index (χ0) is 16.7. The van der Waals surface area contributed by atoms with E-state index in [0.717, 1.165) is 32.9 Å². The number of phenolic OH excluding ortho intramolecular Hbond substituents is 1. The second-order valence-corrected chi connectivity index (χ2v) is 5.87. The maximum atomic E-state index is 9.57. The lowest BCUT2D eigenvalue weighted by Crippen LogP contribution is -2.03. The van der Waals surface area contributed by atoms with Gasteiger partial charge in [-0.25, -0.2) is 0 Å². The number of hydrogen-bond donors (Lipinski definition) is 3. The number of rotatable bonds is 3. The molecule has 120 valence electrons. The van der Waals surface area contributed by atoms with Gasteiger partial charge >= 0.3 is 0 Å². The summed E-state index contributed by atoms with van der Waals surface area (Å²) in [5.74, 6) is 0.223. The van der Waals surface area contributed by atoms with E-state index in [2.05, 4.69) is 16.7 Å². The molecule has 0 atom stereocenters. The van der Waals surface area contributed by atoms with Crippen LogP contribution in [0.15, 0.2) is 60.7 Å². The number of aliphatic hydroxyl groups is 1. The predicted molar refractivity (Wildman–Crippen MR) is 98.0 cm³/mol. The van der Waals surface area contributed by atoms with Crippen LogP contribution >= 0.6 is 0 Å². The number of anilines is 1. The van der Waals surface area contributed by atoms with E-state index in [0.29, 0.717) is 12.2 Å². The lowest BCUT2D eigenvalue weighted by Gasteiger charge is -2.12. The highest BCUT2D eigenvalue weighted by molar-refractivity contribution is 6.14. The average molecular weight is 318 g/mol. The molecule has 0 saturated carbocycles. The smallest absolute Gasteiger partial charge is 0.115 e. The molecule has 4 aromatic rings. The molecule has 0 aliphatic rings. The summed E-state index contributed by atoms with van der Waals surface area (Å²) in [4.78, 5) is 0. The van der Waals surface area contributed by atoms with Gasteiger partial charge in [-0.05, 0) is 29.8 Å². The van der Waals surface area contributed by atoms with E-state index in [1.807, 2.05) is 36.4 Å². The van der Waals surface area contributed by atoms with Crippen LogP contribution in [-0.4, -0.2) is 21.4 Å². The molecule has 0 fully saturated rings. The molecule has 1 aromatic heterocycles. The minimum absolute atomic E-state index is 0.0532. The summed E-state index contributed by atoms with van der Waals surface area (Å²) in [5.41, 5.74) is 10.9. The molecule has 4 nitrogen and oxygen atoms in total. The van der Waals surface area contributed by atoms with E-state index in [4.69, 9.17) is 5.73 Å². The van der Waals surface area contributed by atoms with Gasteiger partial charge in [-0.2, -0.15) is 0 Å². The van der Waals surface area contributed by atoms with Gasteiger partial charge in [-0.1, -0.05) is 36.4 Å². The van der Waals surface area contributed by atoms with Crippen LogP contribution in [-0.2, 0) is 6.54 Å². The Morgan fingerprint density at radius 3 is 2.38 bits per heavy atom. The van der Waals surface area contributed by atoms with E-state index in [-0.39, 0.29) is 12.4 Å². The van der Waals surface area contributed by atoms with E-state index in [1.54, 1.807) is 12.1 Å². The van der Waals surface area contributed by atoms with Crippen molar-refractivity contribution in [3.63, 3.8) is 0 Å². The number of nitrogens with zero attached hydrogens (tertiary/aromatic N) is 1. The number of aromatic nitrogens is 1. The summed E-state index contributed by atoms with van der Waals surface area (Å²) in [7, 11) is 0. The fourth-order valence-corrected chi connectivity index (χ4v) is 3.43. The lowest BCUT2D eigenvalue weighted by atomic mass is 10.00. The minimum Gasteiger partial charge on any atom is -0.508 e. The highest BCUT2D eigenvalue weighted by Crippen LogP contribution is 2.39. The summed E-state index contributed by atoms with van der Waals surface area (Å²) >= 11 is 0. The van der Waals surface area contributed by atoms with E-state index < -0.39 is 0 Å². The van der Waals surface area contributed by atoms with E-state index >= 15 is 0 Å². The van der Waals surface area contributed by atoms with Crippen LogP contribution < -0.4 is 5.73 Å². The fourth-order valence-electron chi connectivity index (χ4n) is 3.43. The Labute approximate surface area is 139 Å². The quantitative estimate of drug-likeness (QED) is 0.504. The molecule has 0 saturated heterocycles. The Bertz CT molecular complexity index is 1030. The normalized spacial score (nSPS) is 11.4.